The Hall–Kier alpha value is -0.830. The number of hydrogen-bond donors (Lipinski definition) is 1. The molecule has 0 atom stereocenters. The molecule has 0 aliphatic carbocycles. The van der Waals surface area contributed by atoms with Crippen molar-refractivity contribution in [1.29, 1.82) is 0 Å². The lowest BCUT2D eigenvalue weighted by molar-refractivity contribution is 0.652. The highest BCUT2D eigenvalue weighted by Gasteiger charge is 2.10. The third-order valence-corrected chi connectivity index (χ3v) is 2.62. The predicted molar refractivity (Wildman–Crippen MR) is 59.8 cm³/mol. The smallest absolute Gasteiger partial charge is 0.180 e. The monoisotopic (exact) mass is 196 g/mol. The number of thiazole rings is 1. The van der Waals surface area contributed by atoms with E-state index in [1.807, 2.05) is 6.92 Å². The van der Waals surface area contributed by atoms with Crippen LogP contribution in [0.5, 0.6) is 0 Å². The van der Waals surface area contributed by atoms with Gasteiger partial charge >= 0.3 is 0 Å². The highest BCUT2D eigenvalue weighted by Crippen LogP contribution is 2.27. The van der Waals surface area contributed by atoms with Crippen molar-refractivity contribution in [2.45, 2.75) is 27.2 Å². The van der Waals surface area contributed by atoms with Crippen molar-refractivity contribution in [3.05, 3.63) is 17.2 Å². The van der Waals surface area contributed by atoms with Gasteiger partial charge in [-0.15, -0.1) is 11.3 Å². The summed E-state index contributed by atoms with van der Waals surface area (Å²) < 4.78 is 0. The maximum absolute atomic E-state index is 5.66. The van der Waals surface area contributed by atoms with E-state index in [1.54, 1.807) is 11.3 Å². The second-order valence-electron chi connectivity index (χ2n) is 3.70. The van der Waals surface area contributed by atoms with Gasteiger partial charge in [-0.3, -0.25) is 0 Å². The molecule has 2 nitrogen and oxygen atoms in total. The molecule has 13 heavy (non-hydrogen) atoms. The minimum absolute atomic E-state index is 0.637. The number of anilines is 1. The van der Waals surface area contributed by atoms with Crippen LogP contribution in [-0.4, -0.2) is 4.98 Å². The Morgan fingerprint density at radius 3 is 2.69 bits per heavy atom. The second kappa shape index (κ2) is 3.92. The van der Waals surface area contributed by atoms with E-state index in [2.05, 4.69) is 25.4 Å². The number of rotatable bonds is 3. The summed E-state index contributed by atoms with van der Waals surface area (Å²) in [7, 11) is 0. The number of hydrogen-bond acceptors (Lipinski definition) is 3. The molecule has 0 amide bonds. The lowest BCUT2D eigenvalue weighted by atomic mass is 10.1. The fourth-order valence-electron chi connectivity index (χ4n) is 1.21. The van der Waals surface area contributed by atoms with E-state index in [4.69, 9.17) is 5.73 Å². The van der Waals surface area contributed by atoms with Crippen LogP contribution in [-0.2, 0) is 6.42 Å². The third kappa shape index (κ3) is 2.56. The molecule has 2 N–H and O–H groups in total. The van der Waals surface area contributed by atoms with Gasteiger partial charge in [-0.2, -0.15) is 0 Å². The van der Waals surface area contributed by atoms with Gasteiger partial charge in [0.25, 0.3) is 0 Å². The van der Waals surface area contributed by atoms with Crippen molar-refractivity contribution in [3.63, 3.8) is 0 Å². The molecule has 0 unspecified atom stereocenters. The van der Waals surface area contributed by atoms with Crippen LogP contribution in [0.4, 0.5) is 5.13 Å². The van der Waals surface area contributed by atoms with Gasteiger partial charge in [-0.25, -0.2) is 4.98 Å². The zero-order chi connectivity index (χ0) is 10.0. The molecule has 3 heteroatoms. The fourth-order valence-corrected chi connectivity index (χ4v) is 2.34. The first-order chi connectivity index (χ1) is 6.00. The Balaban J connectivity index is 2.97. The molecule has 0 aromatic carbocycles. The molecule has 1 rings (SSSR count). The Morgan fingerprint density at radius 1 is 1.62 bits per heavy atom. The van der Waals surface area contributed by atoms with Gasteiger partial charge in [0.1, 0.15) is 0 Å². The van der Waals surface area contributed by atoms with Crippen LogP contribution in [0.1, 0.15) is 31.3 Å². The van der Waals surface area contributed by atoms with Gasteiger partial charge in [0.2, 0.25) is 0 Å². The summed E-state index contributed by atoms with van der Waals surface area (Å²) in [5.41, 5.74) is 7.66. The zero-order valence-electron chi connectivity index (χ0n) is 8.42. The number of nitrogens with zero attached hydrogens (tertiary/aromatic N) is 1. The summed E-state index contributed by atoms with van der Waals surface area (Å²) in [6.45, 7) is 10.3. The summed E-state index contributed by atoms with van der Waals surface area (Å²) in [6, 6.07) is 0. The molecule has 0 saturated carbocycles. The Bertz CT molecular complexity index is 313. The molecule has 1 heterocycles. The highest BCUT2D eigenvalue weighted by molar-refractivity contribution is 7.15. The summed E-state index contributed by atoms with van der Waals surface area (Å²) in [5, 5.41) is 0.647. The standard InChI is InChI=1S/C10H16N2S/c1-6(2)5-8-9(7(3)4)12-10(11)13-8/h6H,3,5H2,1-2,4H3,(H2,11,12). The Morgan fingerprint density at radius 2 is 2.23 bits per heavy atom. The first-order valence-electron chi connectivity index (χ1n) is 4.41. The van der Waals surface area contributed by atoms with Gasteiger partial charge < -0.3 is 5.73 Å². The summed E-state index contributed by atoms with van der Waals surface area (Å²) in [4.78, 5) is 5.52. The lowest BCUT2D eigenvalue weighted by Crippen LogP contribution is -1.94. The Labute approximate surface area is 83.5 Å². The van der Waals surface area contributed by atoms with Gasteiger partial charge in [0, 0.05) is 4.88 Å². The van der Waals surface area contributed by atoms with E-state index in [9.17, 15) is 0 Å². The van der Waals surface area contributed by atoms with Gasteiger partial charge in [-0.05, 0) is 24.8 Å². The van der Waals surface area contributed by atoms with E-state index in [-0.39, 0.29) is 0 Å². The van der Waals surface area contributed by atoms with Crippen LogP contribution in [0, 0.1) is 5.92 Å². The zero-order valence-corrected chi connectivity index (χ0v) is 9.24. The number of nitrogens with two attached hydrogens (primary N) is 1. The fraction of sp³-hybridized carbons (Fsp3) is 0.500. The van der Waals surface area contributed by atoms with Gasteiger partial charge in [-0.1, -0.05) is 20.4 Å². The van der Waals surface area contributed by atoms with E-state index in [1.165, 1.54) is 4.88 Å². The molecular formula is C10H16N2S. The van der Waals surface area contributed by atoms with Crippen molar-refractivity contribution in [1.82, 2.24) is 4.98 Å². The van der Waals surface area contributed by atoms with E-state index < -0.39 is 0 Å². The summed E-state index contributed by atoms with van der Waals surface area (Å²) in [5.74, 6) is 0.637. The normalized spacial score (nSPS) is 10.8. The molecule has 0 spiro atoms. The van der Waals surface area contributed by atoms with Crippen LogP contribution in [0.3, 0.4) is 0 Å². The quantitative estimate of drug-likeness (QED) is 0.807. The minimum Gasteiger partial charge on any atom is -0.375 e. The lowest BCUT2D eigenvalue weighted by Gasteiger charge is -2.03. The van der Waals surface area contributed by atoms with Crippen LogP contribution in [0.25, 0.3) is 5.57 Å². The molecule has 0 radical (unpaired) electrons. The van der Waals surface area contributed by atoms with Crippen molar-refractivity contribution in [2.24, 2.45) is 5.92 Å². The molecule has 0 aliphatic rings. The molecule has 72 valence electrons. The van der Waals surface area contributed by atoms with Gasteiger partial charge in [0.15, 0.2) is 5.13 Å². The van der Waals surface area contributed by atoms with E-state index in [0.717, 1.165) is 17.7 Å². The van der Waals surface area contributed by atoms with Crippen molar-refractivity contribution < 1.29 is 0 Å². The minimum atomic E-state index is 0.637. The topological polar surface area (TPSA) is 38.9 Å². The second-order valence-corrected chi connectivity index (χ2v) is 4.82. The SMILES string of the molecule is C=C(C)c1nc(N)sc1CC(C)C. The largest absolute Gasteiger partial charge is 0.375 e. The molecule has 1 aromatic heterocycles. The van der Waals surface area contributed by atoms with Gasteiger partial charge in [0.05, 0.1) is 5.69 Å². The van der Waals surface area contributed by atoms with E-state index in [0.29, 0.717) is 11.0 Å². The van der Waals surface area contributed by atoms with Crippen LogP contribution in [0.2, 0.25) is 0 Å². The number of allylic oxidation sites excluding steroid dienone is 1. The van der Waals surface area contributed by atoms with Crippen molar-refractivity contribution in [2.75, 3.05) is 5.73 Å². The van der Waals surface area contributed by atoms with E-state index >= 15 is 0 Å². The molecular weight excluding hydrogens is 180 g/mol. The third-order valence-electron chi connectivity index (χ3n) is 1.71. The maximum atomic E-state index is 5.66. The first kappa shape index (κ1) is 10.3. The molecule has 0 bridgehead atoms. The predicted octanol–water partition coefficient (Wildman–Crippen LogP) is 2.96. The molecule has 1 aromatic rings. The number of nitrogen functional groups attached to an aromatic ring is 1. The average Bonchev–Trinajstić information content (AvgIpc) is 2.29. The van der Waals surface area contributed by atoms with Crippen molar-refractivity contribution >= 4 is 22.0 Å². The molecule has 0 aliphatic heterocycles. The average molecular weight is 196 g/mol. The number of aromatic nitrogens is 1. The van der Waals surface area contributed by atoms with Crippen LogP contribution in [0.15, 0.2) is 6.58 Å². The van der Waals surface area contributed by atoms with Crippen LogP contribution < -0.4 is 5.73 Å². The maximum Gasteiger partial charge on any atom is 0.180 e. The first-order valence-corrected chi connectivity index (χ1v) is 5.23. The van der Waals surface area contributed by atoms with Crippen LogP contribution >= 0.6 is 11.3 Å². The summed E-state index contributed by atoms with van der Waals surface area (Å²) in [6.07, 6.45) is 1.04. The summed E-state index contributed by atoms with van der Waals surface area (Å²) >= 11 is 1.58. The van der Waals surface area contributed by atoms with Crippen molar-refractivity contribution in [3.8, 4) is 0 Å². The molecule has 0 saturated heterocycles. The molecule has 0 fully saturated rings. The Kier molecular flexibility index (Phi) is 3.09. The highest BCUT2D eigenvalue weighted by atomic mass is 32.1.